The zero-order valence-corrected chi connectivity index (χ0v) is 13.1. The van der Waals surface area contributed by atoms with Gasteiger partial charge in [0.05, 0.1) is 6.04 Å². The zero-order valence-electron chi connectivity index (χ0n) is 12.3. The average molecular weight is 284 g/mol. The molecule has 4 atom stereocenters. The second-order valence-electron chi connectivity index (χ2n) is 6.20. The topological polar surface area (TPSA) is 46.3 Å². The van der Waals surface area contributed by atoms with Crippen LogP contribution in [0.4, 0.5) is 0 Å². The van der Waals surface area contributed by atoms with Gasteiger partial charge >= 0.3 is 0 Å². The first kappa shape index (κ1) is 15.2. The second kappa shape index (κ2) is 6.98. The molecule has 0 aromatic carbocycles. The lowest BCUT2D eigenvalue weighted by atomic mass is 9.72. The Hall–Kier alpha value is -0.220. The van der Waals surface area contributed by atoms with Crippen LogP contribution in [-0.2, 0) is 4.79 Å². The van der Waals surface area contributed by atoms with Crippen LogP contribution in [0.5, 0.6) is 0 Å². The number of nitrogens with two attached hydrogens (primary N) is 1. The molecule has 1 saturated carbocycles. The van der Waals surface area contributed by atoms with E-state index in [9.17, 15) is 4.79 Å². The highest BCUT2D eigenvalue weighted by Crippen LogP contribution is 2.38. The first-order valence-electron chi connectivity index (χ1n) is 7.70. The van der Waals surface area contributed by atoms with Crippen molar-refractivity contribution in [3.63, 3.8) is 0 Å². The fourth-order valence-corrected chi connectivity index (χ4v) is 4.26. The maximum Gasteiger partial charge on any atom is 0.239 e. The van der Waals surface area contributed by atoms with Gasteiger partial charge in [-0.25, -0.2) is 0 Å². The maximum absolute atomic E-state index is 12.6. The summed E-state index contributed by atoms with van der Waals surface area (Å²) in [6.07, 6.45) is 9.14. The number of nitrogens with zero attached hydrogens (tertiary/aromatic N) is 1. The van der Waals surface area contributed by atoms with Crippen LogP contribution in [-0.4, -0.2) is 41.4 Å². The number of carbonyl (C=O) groups excluding carboxylic acids is 1. The minimum Gasteiger partial charge on any atom is -0.338 e. The van der Waals surface area contributed by atoms with Gasteiger partial charge in [0.2, 0.25) is 5.91 Å². The fourth-order valence-electron chi connectivity index (χ4n) is 3.77. The van der Waals surface area contributed by atoms with Crippen LogP contribution >= 0.6 is 11.8 Å². The highest BCUT2D eigenvalue weighted by molar-refractivity contribution is 7.98. The molecule has 2 aliphatic rings. The first-order chi connectivity index (χ1) is 9.15. The summed E-state index contributed by atoms with van der Waals surface area (Å²) in [6.45, 7) is 3.28. The third kappa shape index (κ3) is 3.46. The first-order valence-corrected chi connectivity index (χ1v) is 9.09. The zero-order chi connectivity index (χ0) is 13.8. The number of fused-ring (bicyclic) bond motifs is 1. The summed E-state index contributed by atoms with van der Waals surface area (Å²) in [5.41, 5.74) is 6.09. The van der Waals surface area contributed by atoms with Crippen LogP contribution in [0.25, 0.3) is 0 Å². The third-order valence-corrected chi connectivity index (χ3v) is 5.62. The fraction of sp³-hybridized carbons (Fsp3) is 0.933. The predicted octanol–water partition coefficient (Wildman–Crippen LogP) is 2.49. The van der Waals surface area contributed by atoms with E-state index in [1.54, 1.807) is 11.8 Å². The molecule has 3 unspecified atom stereocenters. The van der Waals surface area contributed by atoms with Crippen LogP contribution in [0.3, 0.4) is 0 Å². The molecule has 4 heteroatoms. The minimum atomic E-state index is -0.288. The van der Waals surface area contributed by atoms with E-state index >= 15 is 0 Å². The lowest BCUT2D eigenvalue weighted by molar-refractivity contribution is -0.140. The maximum atomic E-state index is 12.6. The molecule has 0 spiro atoms. The highest BCUT2D eigenvalue weighted by atomic mass is 32.2. The van der Waals surface area contributed by atoms with Crippen molar-refractivity contribution in [2.24, 2.45) is 17.6 Å². The molecule has 2 N–H and O–H groups in total. The molecule has 1 amide bonds. The van der Waals surface area contributed by atoms with Gasteiger partial charge in [-0.15, -0.1) is 0 Å². The van der Waals surface area contributed by atoms with Crippen molar-refractivity contribution >= 4 is 17.7 Å². The van der Waals surface area contributed by atoms with E-state index in [2.05, 4.69) is 18.1 Å². The van der Waals surface area contributed by atoms with Crippen molar-refractivity contribution in [3.05, 3.63) is 0 Å². The van der Waals surface area contributed by atoms with Gasteiger partial charge in [0.1, 0.15) is 0 Å². The summed E-state index contributed by atoms with van der Waals surface area (Å²) in [4.78, 5) is 14.7. The normalized spacial score (nSPS) is 32.8. The Morgan fingerprint density at radius 3 is 2.84 bits per heavy atom. The van der Waals surface area contributed by atoms with E-state index in [-0.39, 0.29) is 11.9 Å². The number of piperidine rings is 1. The van der Waals surface area contributed by atoms with E-state index < -0.39 is 0 Å². The number of amides is 1. The van der Waals surface area contributed by atoms with Gasteiger partial charge in [-0.3, -0.25) is 4.79 Å². The molecule has 0 radical (unpaired) electrons. The summed E-state index contributed by atoms with van der Waals surface area (Å²) < 4.78 is 0. The summed E-state index contributed by atoms with van der Waals surface area (Å²) in [5, 5.41) is 0. The highest BCUT2D eigenvalue weighted by Gasteiger charge is 2.40. The number of rotatable bonds is 4. The Morgan fingerprint density at radius 1 is 1.37 bits per heavy atom. The molecule has 110 valence electrons. The van der Waals surface area contributed by atoms with Crippen molar-refractivity contribution in [1.82, 2.24) is 4.90 Å². The smallest absolute Gasteiger partial charge is 0.239 e. The lowest BCUT2D eigenvalue weighted by Gasteiger charge is -2.48. The van der Waals surface area contributed by atoms with E-state index in [1.165, 1.54) is 25.7 Å². The van der Waals surface area contributed by atoms with Gasteiger partial charge in [-0.05, 0) is 49.5 Å². The Kier molecular flexibility index (Phi) is 5.58. The molecule has 2 fully saturated rings. The summed E-state index contributed by atoms with van der Waals surface area (Å²) in [7, 11) is 0. The molecule has 2 rings (SSSR count). The predicted molar refractivity (Wildman–Crippen MR) is 82.2 cm³/mol. The Bertz CT molecular complexity index is 311. The second-order valence-corrected chi connectivity index (χ2v) is 7.19. The van der Waals surface area contributed by atoms with Crippen molar-refractivity contribution in [1.29, 1.82) is 0 Å². The summed E-state index contributed by atoms with van der Waals surface area (Å²) in [6, 6.07) is 0.189. The molecular formula is C15H28N2OS. The number of hydrogen-bond acceptors (Lipinski definition) is 3. The van der Waals surface area contributed by atoms with Crippen LogP contribution in [0.2, 0.25) is 0 Å². The SMILES string of the molecule is CSCC[C@H](N)C(=O)N1CCC(C)C2CCCCC21. The van der Waals surface area contributed by atoms with Crippen LogP contribution in [0, 0.1) is 11.8 Å². The molecule has 1 saturated heterocycles. The molecule has 0 aromatic rings. The minimum absolute atomic E-state index is 0.206. The van der Waals surface area contributed by atoms with E-state index in [0.29, 0.717) is 6.04 Å². The molecule has 3 nitrogen and oxygen atoms in total. The van der Waals surface area contributed by atoms with Gasteiger partial charge in [0.15, 0.2) is 0 Å². The van der Waals surface area contributed by atoms with Crippen LogP contribution in [0.15, 0.2) is 0 Å². The average Bonchev–Trinajstić information content (AvgIpc) is 2.45. The molecule has 1 aliphatic carbocycles. The Labute approximate surface area is 121 Å². The van der Waals surface area contributed by atoms with Crippen LogP contribution in [0.1, 0.15) is 45.4 Å². The van der Waals surface area contributed by atoms with Crippen molar-refractivity contribution in [2.75, 3.05) is 18.6 Å². The molecule has 0 bridgehead atoms. The molecule has 19 heavy (non-hydrogen) atoms. The van der Waals surface area contributed by atoms with Gasteiger partial charge < -0.3 is 10.6 Å². The number of carbonyl (C=O) groups is 1. The van der Waals surface area contributed by atoms with Crippen molar-refractivity contribution in [2.45, 2.75) is 57.5 Å². The third-order valence-electron chi connectivity index (χ3n) is 4.97. The van der Waals surface area contributed by atoms with Crippen LogP contribution < -0.4 is 5.73 Å². The molecule has 0 aromatic heterocycles. The quantitative estimate of drug-likeness (QED) is 0.863. The molecule has 1 aliphatic heterocycles. The Morgan fingerprint density at radius 2 is 2.11 bits per heavy atom. The van der Waals surface area contributed by atoms with E-state index in [4.69, 9.17) is 5.73 Å². The van der Waals surface area contributed by atoms with Gasteiger partial charge in [-0.2, -0.15) is 11.8 Å². The Balaban J connectivity index is 2.00. The summed E-state index contributed by atoms with van der Waals surface area (Å²) >= 11 is 1.77. The molecular weight excluding hydrogens is 256 g/mol. The lowest BCUT2D eigenvalue weighted by Crippen LogP contribution is -2.56. The molecule has 1 heterocycles. The largest absolute Gasteiger partial charge is 0.338 e. The number of likely N-dealkylation sites (tertiary alicyclic amines) is 1. The number of hydrogen-bond donors (Lipinski definition) is 1. The number of thioether (sulfide) groups is 1. The van der Waals surface area contributed by atoms with E-state index in [1.807, 2.05) is 0 Å². The van der Waals surface area contributed by atoms with Gasteiger partial charge in [-0.1, -0.05) is 19.8 Å². The summed E-state index contributed by atoms with van der Waals surface area (Å²) in [5.74, 6) is 2.68. The monoisotopic (exact) mass is 284 g/mol. The van der Waals surface area contributed by atoms with Gasteiger partial charge in [0.25, 0.3) is 0 Å². The van der Waals surface area contributed by atoms with Crippen molar-refractivity contribution < 1.29 is 4.79 Å². The van der Waals surface area contributed by atoms with E-state index in [0.717, 1.165) is 37.0 Å². The van der Waals surface area contributed by atoms with Gasteiger partial charge in [0, 0.05) is 12.6 Å². The standard InChI is InChI=1S/C15H28N2OS/c1-11-7-9-17(14-6-4-3-5-12(11)14)15(18)13(16)8-10-19-2/h11-14H,3-10,16H2,1-2H3/t11?,12?,13-,14?/m0/s1. The van der Waals surface area contributed by atoms with Crippen molar-refractivity contribution in [3.8, 4) is 0 Å².